The molecule has 0 aromatic heterocycles. The van der Waals surface area contributed by atoms with Gasteiger partial charge in [0.2, 0.25) is 10.0 Å². The SMILES string of the molecule is O=C(O)[C@@H](CCO)NS(=O)(=O)C1CCS(=O)(=O)CC1. The average molecular weight is 315 g/mol. The van der Waals surface area contributed by atoms with Gasteiger partial charge in [0.25, 0.3) is 0 Å². The monoisotopic (exact) mass is 315 g/mol. The third kappa shape index (κ3) is 4.71. The van der Waals surface area contributed by atoms with Crippen LogP contribution in [0.15, 0.2) is 0 Å². The van der Waals surface area contributed by atoms with Gasteiger partial charge in [-0.05, 0) is 19.3 Å². The Bertz CT molecular complexity index is 511. The molecule has 1 fully saturated rings. The van der Waals surface area contributed by atoms with Gasteiger partial charge >= 0.3 is 5.97 Å². The van der Waals surface area contributed by atoms with Crippen molar-refractivity contribution >= 4 is 25.8 Å². The molecule has 0 saturated carbocycles. The van der Waals surface area contributed by atoms with E-state index in [1.165, 1.54) is 0 Å². The summed E-state index contributed by atoms with van der Waals surface area (Å²) in [4.78, 5) is 10.8. The number of carbonyl (C=O) groups is 1. The Labute approximate surface area is 111 Å². The number of sulfone groups is 1. The van der Waals surface area contributed by atoms with Gasteiger partial charge in [-0.25, -0.2) is 21.6 Å². The van der Waals surface area contributed by atoms with Gasteiger partial charge in [0, 0.05) is 6.61 Å². The maximum Gasteiger partial charge on any atom is 0.321 e. The van der Waals surface area contributed by atoms with E-state index < -0.39 is 43.7 Å². The number of nitrogens with one attached hydrogen (secondary N) is 1. The number of hydrogen-bond acceptors (Lipinski definition) is 6. The van der Waals surface area contributed by atoms with Crippen molar-refractivity contribution in [1.82, 2.24) is 4.72 Å². The molecule has 1 aliphatic rings. The van der Waals surface area contributed by atoms with Crippen LogP contribution in [-0.4, -0.2) is 62.4 Å². The summed E-state index contributed by atoms with van der Waals surface area (Å²) in [7, 11) is -7.09. The zero-order valence-corrected chi connectivity index (χ0v) is 11.8. The predicted octanol–water partition coefficient (Wildman–Crippen LogP) is -1.68. The summed E-state index contributed by atoms with van der Waals surface area (Å²) in [6.07, 6.45) is -0.314. The van der Waals surface area contributed by atoms with E-state index in [0.29, 0.717) is 0 Å². The van der Waals surface area contributed by atoms with Crippen LogP contribution in [0.25, 0.3) is 0 Å². The van der Waals surface area contributed by atoms with Crippen molar-refractivity contribution in [1.29, 1.82) is 0 Å². The number of aliphatic hydroxyl groups excluding tert-OH is 1. The lowest BCUT2D eigenvalue weighted by Gasteiger charge is -2.24. The van der Waals surface area contributed by atoms with Crippen LogP contribution in [0, 0.1) is 0 Å². The predicted molar refractivity (Wildman–Crippen MR) is 66.9 cm³/mol. The average Bonchev–Trinajstić information content (AvgIpc) is 2.27. The Morgan fingerprint density at radius 2 is 1.84 bits per heavy atom. The zero-order chi connectivity index (χ0) is 14.7. The standard InChI is InChI=1S/C9H17NO7S2/c11-4-1-8(9(12)13)10-19(16,17)7-2-5-18(14,15)6-3-7/h7-8,10-11H,1-6H2,(H,12,13)/t8-/m1/s1. The van der Waals surface area contributed by atoms with Crippen molar-refractivity contribution in [3.8, 4) is 0 Å². The topological polar surface area (TPSA) is 138 Å². The van der Waals surface area contributed by atoms with Gasteiger partial charge < -0.3 is 10.2 Å². The van der Waals surface area contributed by atoms with Gasteiger partial charge in [0.1, 0.15) is 15.9 Å². The fraction of sp³-hybridized carbons (Fsp3) is 0.889. The summed E-state index contributed by atoms with van der Waals surface area (Å²) in [5.74, 6) is -1.80. The molecule has 1 heterocycles. The molecule has 3 N–H and O–H groups in total. The molecule has 0 aromatic rings. The van der Waals surface area contributed by atoms with Crippen molar-refractivity contribution in [2.24, 2.45) is 0 Å². The van der Waals surface area contributed by atoms with Crippen LogP contribution < -0.4 is 4.72 Å². The highest BCUT2D eigenvalue weighted by molar-refractivity contribution is 7.92. The maximum atomic E-state index is 11.9. The smallest absolute Gasteiger partial charge is 0.321 e. The first kappa shape index (κ1) is 16.3. The van der Waals surface area contributed by atoms with Crippen LogP contribution in [0.2, 0.25) is 0 Å². The van der Waals surface area contributed by atoms with Gasteiger partial charge in [-0.1, -0.05) is 0 Å². The quantitative estimate of drug-likeness (QED) is 0.532. The van der Waals surface area contributed by atoms with Gasteiger partial charge in [-0.2, -0.15) is 0 Å². The highest BCUT2D eigenvalue weighted by atomic mass is 32.2. The lowest BCUT2D eigenvalue weighted by molar-refractivity contribution is -0.139. The van der Waals surface area contributed by atoms with Gasteiger partial charge in [-0.15, -0.1) is 0 Å². The molecule has 0 radical (unpaired) electrons. The Balaban J connectivity index is 2.73. The highest BCUT2D eigenvalue weighted by Gasteiger charge is 2.35. The van der Waals surface area contributed by atoms with Crippen molar-refractivity contribution in [3.05, 3.63) is 0 Å². The Kier molecular flexibility index (Phi) is 5.30. The maximum absolute atomic E-state index is 11.9. The molecule has 1 saturated heterocycles. The number of hydrogen-bond donors (Lipinski definition) is 3. The molecule has 0 aliphatic carbocycles. The summed E-state index contributed by atoms with van der Waals surface area (Å²) in [6.45, 7) is -0.460. The lowest BCUT2D eigenvalue weighted by atomic mass is 10.2. The van der Waals surface area contributed by atoms with E-state index in [0.717, 1.165) is 0 Å². The molecular weight excluding hydrogens is 298 g/mol. The summed E-state index contributed by atoms with van der Waals surface area (Å²) in [5, 5.41) is 16.6. The molecule has 1 atom stereocenters. The third-order valence-corrected chi connectivity index (χ3v) is 6.64. The van der Waals surface area contributed by atoms with Crippen LogP contribution >= 0.6 is 0 Å². The number of carboxylic acid groups (broad SMARTS) is 1. The van der Waals surface area contributed by atoms with Crippen molar-refractivity contribution < 1.29 is 31.8 Å². The Hall–Kier alpha value is -0.710. The van der Waals surface area contributed by atoms with E-state index in [1.807, 2.05) is 4.72 Å². The molecule has 1 rings (SSSR count). The molecule has 0 unspecified atom stereocenters. The molecule has 0 aromatic carbocycles. The second-order valence-electron chi connectivity index (χ2n) is 4.42. The van der Waals surface area contributed by atoms with E-state index in [4.69, 9.17) is 10.2 Å². The number of aliphatic carboxylic acids is 1. The highest BCUT2D eigenvalue weighted by Crippen LogP contribution is 2.19. The second kappa shape index (κ2) is 6.16. The van der Waals surface area contributed by atoms with Crippen LogP contribution in [0.1, 0.15) is 19.3 Å². The van der Waals surface area contributed by atoms with E-state index >= 15 is 0 Å². The van der Waals surface area contributed by atoms with Crippen molar-refractivity contribution in [2.75, 3.05) is 18.1 Å². The van der Waals surface area contributed by atoms with E-state index in [9.17, 15) is 21.6 Å². The first-order chi connectivity index (χ1) is 8.68. The second-order valence-corrected chi connectivity index (χ2v) is 8.71. The molecule has 1 aliphatic heterocycles. The van der Waals surface area contributed by atoms with E-state index in [2.05, 4.69) is 0 Å². The lowest BCUT2D eigenvalue weighted by Crippen LogP contribution is -2.47. The molecule has 10 heteroatoms. The van der Waals surface area contributed by atoms with Crippen LogP contribution in [0.4, 0.5) is 0 Å². The molecule has 0 amide bonds. The third-order valence-electron chi connectivity index (χ3n) is 2.96. The zero-order valence-electron chi connectivity index (χ0n) is 10.1. The van der Waals surface area contributed by atoms with Crippen LogP contribution in [0.3, 0.4) is 0 Å². The molecular formula is C9H17NO7S2. The van der Waals surface area contributed by atoms with Crippen molar-refractivity contribution in [3.63, 3.8) is 0 Å². The van der Waals surface area contributed by atoms with Crippen LogP contribution in [0.5, 0.6) is 0 Å². The molecule has 0 bridgehead atoms. The van der Waals surface area contributed by atoms with Gasteiger partial charge in [0.15, 0.2) is 0 Å². The van der Waals surface area contributed by atoms with E-state index in [1.54, 1.807) is 0 Å². The first-order valence-corrected chi connectivity index (χ1v) is 9.10. The molecule has 112 valence electrons. The van der Waals surface area contributed by atoms with Crippen LogP contribution in [-0.2, 0) is 24.7 Å². The molecule has 0 spiro atoms. The minimum absolute atomic E-state index is 0.0386. The number of aliphatic hydroxyl groups is 1. The Morgan fingerprint density at radius 1 is 1.32 bits per heavy atom. The van der Waals surface area contributed by atoms with Crippen molar-refractivity contribution in [2.45, 2.75) is 30.6 Å². The number of sulfonamides is 1. The van der Waals surface area contributed by atoms with Gasteiger partial charge in [-0.3, -0.25) is 4.79 Å². The summed E-state index contributed by atoms with van der Waals surface area (Å²) in [5.41, 5.74) is 0. The minimum atomic E-state index is -3.91. The van der Waals surface area contributed by atoms with Gasteiger partial charge in [0.05, 0.1) is 16.8 Å². The summed E-state index contributed by atoms with van der Waals surface area (Å²) >= 11 is 0. The fourth-order valence-electron chi connectivity index (χ4n) is 1.84. The minimum Gasteiger partial charge on any atom is -0.480 e. The largest absolute Gasteiger partial charge is 0.480 e. The van der Waals surface area contributed by atoms with E-state index in [-0.39, 0.29) is 30.8 Å². The Morgan fingerprint density at radius 3 is 2.26 bits per heavy atom. The molecule has 8 nitrogen and oxygen atoms in total. The fourth-order valence-corrected chi connectivity index (χ4v) is 5.29. The number of rotatable bonds is 6. The molecule has 19 heavy (non-hydrogen) atoms. The number of carboxylic acids is 1. The summed E-state index contributed by atoms with van der Waals surface area (Å²) in [6, 6.07) is -1.39. The first-order valence-electron chi connectivity index (χ1n) is 5.73. The normalized spacial score (nSPS) is 21.9. The summed E-state index contributed by atoms with van der Waals surface area (Å²) < 4.78 is 48.3.